The second kappa shape index (κ2) is 6.40. The zero-order valence-corrected chi connectivity index (χ0v) is 14.5. The smallest absolute Gasteiger partial charge is 0.243 e. The van der Waals surface area contributed by atoms with Crippen LogP contribution in [0.5, 0.6) is 0 Å². The van der Waals surface area contributed by atoms with E-state index >= 15 is 0 Å². The van der Waals surface area contributed by atoms with Crippen molar-refractivity contribution in [3.05, 3.63) is 5.01 Å². The molecular weight excluding hydrogens is 284 g/mol. The van der Waals surface area contributed by atoms with E-state index in [9.17, 15) is 4.79 Å². The quantitative estimate of drug-likeness (QED) is 0.928. The maximum atomic E-state index is 12.5. The maximum absolute atomic E-state index is 12.5. The van der Waals surface area contributed by atoms with Gasteiger partial charge in [0.1, 0.15) is 5.01 Å². The van der Waals surface area contributed by atoms with Gasteiger partial charge in [0.05, 0.1) is 6.04 Å². The molecule has 1 aromatic rings. The van der Waals surface area contributed by atoms with E-state index in [0.717, 1.165) is 30.8 Å². The SMILES string of the molecule is CCC(C)N1CCC[C@H]1C(=O)Nc1nnc(C(C)(C)C)s1. The lowest BCUT2D eigenvalue weighted by Crippen LogP contribution is -2.44. The third kappa shape index (κ3) is 3.80. The van der Waals surface area contributed by atoms with Gasteiger partial charge >= 0.3 is 0 Å². The van der Waals surface area contributed by atoms with Crippen LogP contribution in [0.3, 0.4) is 0 Å². The van der Waals surface area contributed by atoms with Crippen molar-refractivity contribution in [3.63, 3.8) is 0 Å². The molecule has 0 saturated carbocycles. The van der Waals surface area contributed by atoms with Crippen LogP contribution in [0, 0.1) is 0 Å². The van der Waals surface area contributed by atoms with Crippen LogP contribution in [0.4, 0.5) is 5.13 Å². The van der Waals surface area contributed by atoms with Gasteiger partial charge in [-0.25, -0.2) is 0 Å². The van der Waals surface area contributed by atoms with Crippen LogP contribution >= 0.6 is 11.3 Å². The number of rotatable bonds is 4. The average Bonchev–Trinajstić information content (AvgIpc) is 3.05. The van der Waals surface area contributed by atoms with Gasteiger partial charge in [0.2, 0.25) is 11.0 Å². The van der Waals surface area contributed by atoms with Crippen LogP contribution in [0.25, 0.3) is 0 Å². The number of nitrogens with one attached hydrogen (secondary N) is 1. The van der Waals surface area contributed by atoms with Gasteiger partial charge in [0.15, 0.2) is 0 Å². The normalized spacial score (nSPS) is 21.5. The molecule has 1 unspecified atom stereocenters. The molecule has 0 radical (unpaired) electrons. The van der Waals surface area contributed by atoms with Crippen molar-refractivity contribution in [2.45, 2.75) is 71.4 Å². The molecule has 21 heavy (non-hydrogen) atoms. The summed E-state index contributed by atoms with van der Waals surface area (Å²) >= 11 is 1.47. The van der Waals surface area contributed by atoms with Crippen LogP contribution in [0.2, 0.25) is 0 Å². The van der Waals surface area contributed by atoms with Crippen LogP contribution < -0.4 is 5.32 Å². The molecule has 0 bridgehead atoms. The van der Waals surface area contributed by atoms with Crippen molar-refractivity contribution < 1.29 is 4.79 Å². The third-order valence-electron chi connectivity index (χ3n) is 4.05. The van der Waals surface area contributed by atoms with Crippen molar-refractivity contribution in [2.24, 2.45) is 0 Å². The number of aromatic nitrogens is 2. The number of nitrogens with zero attached hydrogens (tertiary/aromatic N) is 3. The van der Waals surface area contributed by atoms with Crippen LogP contribution in [0.15, 0.2) is 0 Å². The molecule has 2 rings (SSSR count). The maximum Gasteiger partial charge on any atom is 0.243 e. The second-order valence-electron chi connectivity index (χ2n) is 6.80. The molecule has 6 heteroatoms. The number of likely N-dealkylation sites (tertiary alicyclic amines) is 1. The Morgan fingerprint density at radius 3 is 2.76 bits per heavy atom. The van der Waals surface area contributed by atoms with Gasteiger partial charge < -0.3 is 0 Å². The summed E-state index contributed by atoms with van der Waals surface area (Å²) in [7, 11) is 0. The molecule has 0 spiro atoms. The van der Waals surface area contributed by atoms with E-state index in [1.807, 2.05) is 0 Å². The summed E-state index contributed by atoms with van der Waals surface area (Å²) in [6.45, 7) is 11.7. The number of hydrogen-bond acceptors (Lipinski definition) is 5. The number of carbonyl (C=O) groups is 1. The molecular formula is C15H26N4OS. The van der Waals surface area contributed by atoms with Gasteiger partial charge in [0, 0.05) is 11.5 Å². The molecule has 1 aliphatic rings. The zero-order valence-electron chi connectivity index (χ0n) is 13.6. The highest BCUT2D eigenvalue weighted by Gasteiger charge is 2.33. The summed E-state index contributed by atoms with van der Waals surface area (Å²) in [5.74, 6) is 0.0596. The van der Waals surface area contributed by atoms with Crippen molar-refractivity contribution in [3.8, 4) is 0 Å². The highest BCUT2D eigenvalue weighted by atomic mass is 32.1. The van der Waals surface area contributed by atoms with Crippen LogP contribution in [0.1, 0.15) is 58.9 Å². The van der Waals surface area contributed by atoms with Gasteiger partial charge in [-0.1, -0.05) is 39.0 Å². The highest BCUT2D eigenvalue weighted by Crippen LogP contribution is 2.28. The van der Waals surface area contributed by atoms with E-state index in [4.69, 9.17) is 0 Å². The standard InChI is InChI=1S/C15H26N4OS/c1-6-10(2)19-9-7-8-11(19)12(20)16-14-18-17-13(21-14)15(3,4)5/h10-11H,6-9H2,1-5H3,(H,16,18,20)/t10?,11-/m0/s1. The fourth-order valence-electron chi connectivity index (χ4n) is 2.60. The lowest BCUT2D eigenvalue weighted by Gasteiger charge is -2.28. The van der Waals surface area contributed by atoms with Gasteiger partial charge in [-0.15, -0.1) is 10.2 Å². The predicted octanol–water partition coefficient (Wildman–Crippen LogP) is 3.04. The Labute approximate surface area is 131 Å². The Bertz CT molecular complexity index is 494. The topological polar surface area (TPSA) is 58.1 Å². The van der Waals surface area contributed by atoms with Crippen LogP contribution in [-0.4, -0.2) is 39.6 Å². The van der Waals surface area contributed by atoms with E-state index in [1.54, 1.807) is 0 Å². The van der Waals surface area contributed by atoms with E-state index in [1.165, 1.54) is 11.3 Å². The molecule has 0 aromatic carbocycles. The first-order valence-corrected chi connectivity index (χ1v) is 8.55. The molecule has 2 heterocycles. The lowest BCUT2D eigenvalue weighted by atomic mass is 9.98. The third-order valence-corrected chi connectivity index (χ3v) is 5.31. The number of amides is 1. The first kappa shape index (κ1) is 16.4. The molecule has 118 valence electrons. The monoisotopic (exact) mass is 310 g/mol. The largest absolute Gasteiger partial charge is 0.299 e. The summed E-state index contributed by atoms with van der Waals surface area (Å²) in [6.07, 6.45) is 3.09. The molecule has 2 atom stereocenters. The first-order chi connectivity index (χ1) is 9.82. The minimum atomic E-state index is -0.0310. The molecule has 0 aliphatic carbocycles. The van der Waals surface area contributed by atoms with Gasteiger partial charge in [0.25, 0.3) is 0 Å². The molecule has 1 aliphatic heterocycles. The average molecular weight is 310 g/mol. The van der Waals surface area contributed by atoms with Crippen molar-refractivity contribution in [1.82, 2.24) is 15.1 Å². The summed E-state index contributed by atoms with van der Waals surface area (Å²) in [5.41, 5.74) is -0.0310. The Morgan fingerprint density at radius 2 is 2.19 bits per heavy atom. The second-order valence-corrected chi connectivity index (χ2v) is 7.78. The van der Waals surface area contributed by atoms with Crippen molar-refractivity contribution in [2.75, 3.05) is 11.9 Å². The molecule has 1 saturated heterocycles. The van der Waals surface area contributed by atoms with Gasteiger partial charge in [-0.05, 0) is 32.7 Å². The van der Waals surface area contributed by atoms with Crippen molar-refractivity contribution >= 4 is 22.4 Å². The van der Waals surface area contributed by atoms with E-state index in [-0.39, 0.29) is 17.4 Å². The number of carbonyl (C=O) groups excluding carboxylic acids is 1. The summed E-state index contributed by atoms with van der Waals surface area (Å²) in [6, 6.07) is 0.421. The fraction of sp³-hybridized carbons (Fsp3) is 0.800. The Morgan fingerprint density at radius 1 is 1.48 bits per heavy atom. The molecule has 1 aromatic heterocycles. The lowest BCUT2D eigenvalue weighted by molar-refractivity contribution is -0.121. The fourth-order valence-corrected chi connectivity index (χ4v) is 3.40. The Hall–Kier alpha value is -1.01. The minimum Gasteiger partial charge on any atom is -0.299 e. The zero-order chi connectivity index (χ0) is 15.6. The molecule has 1 N–H and O–H groups in total. The summed E-state index contributed by atoms with van der Waals surface area (Å²) in [4.78, 5) is 14.8. The molecule has 1 amide bonds. The van der Waals surface area contributed by atoms with Crippen LogP contribution in [-0.2, 0) is 10.2 Å². The van der Waals surface area contributed by atoms with E-state index in [2.05, 4.69) is 55.0 Å². The summed E-state index contributed by atoms with van der Waals surface area (Å²) in [5, 5.41) is 12.8. The number of hydrogen-bond donors (Lipinski definition) is 1. The molecule has 1 fully saturated rings. The number of anilines is 1. The minimum absolute atomic E-state index is 0.0260. The summed E-state index contributed by atoms with van der Waals surface area (Å²) < 4.78 is 0. The molecule has 5 nitrogen and oxygen atoms in total. The van der Waals surface area contributed by atoms with Crippen molar-refractivity contribution in [1.29, 1.82) is 0 Å². The van der Waals surface area contributed by atoms with E-state index in [0.29, 0.717) is 11.2 Å². The first-order valence-electron chi connectivity index (χ1n) is 7.73. The predicted molar refractivity (Wildman–Crippen MR) is 86.7 cm³/mol. The van der Waals surface area contributed by atoms with E-state index < -0.39 is 0 Å². The Kier molecular flexibility index (Phi) is 4.99. The van der Waals surface area contributed by atoms with Gasteiger partial charge in [-0.2, -0.15) is 0 Å². The Balaban J connectivity index is 2.02. The highest BCUT2D eigenvalue weighted by molar-refractivity contribution is 7.15. The van der Waals surface area contributed by atoms with Gasteiger partial charge in [-0.3, -0.25) is 15.0 Å².